The number of amides is 1. The van der Waals surface area contributed by atoms with Crippen LogP contribution in [0.25, 0.3) is 11.5 Å². The van der Waals surface area contributed by atoms with Crippen molar-refractivity contribution in [1.29, 1.82) is 0 Å². The zero-order valence-corrected chi connectivity index (χ0v) is 12.8. The minimum Gasteiger partial charge on any atom is -0.472 e. The number of carbonyl (C=O) groups is 1. The Labute approximate surface area is 137 Å². The number of nitrogens with zero attached hydrogens (tertiary/aromatic N) is 3. The lowest BCUT2D eigenvalue weighted by Gasteiger charge is -2.15. The highest BCUT2D eigenvalue weighted by molar-refractivity contribution is 5.93. The van der Waals surface area contributed by atoms with E-state index >= 15 is 0 Å². The van der Waals surface area contributed by atoms with Crippen LogP contribution in [0, 0.1) is 0 Å². The van der Waals surface area contributed by atoms with Gasteiger partial charge in [0, 0.05) is 31.3 Å². The number of hydrogen-bond acceptors (Lipinski definition) is 6. The van der Waals surface area contributed by atoms with E-state index in [1.807, 2.05) is 12.1 Å². The summed E-state index contributed by atoms with van der Waals surface area (Å²) < 4.78 is 16.2. The molecule has 3 aromatic rings. The van der Waals surface area contributed by atoms with E-state index in [9.17, 15) is 4.79 Å². The van der Waals surface area contributed by atoms with Crippen LogP contribution in [0.2, 0.25) is 0 Å². The molecule has 1 saturated heterocycles. The number of aromatic nitrogens is 2. The summed E-state index contributed by atoms with van der Waals surface area (Å²) in [6.45, 7) is 1.11. The van der Waals surface area contributed by atoms with E-state index in [1.54, 1.807) is 41.6 Å². The average Bonchev–Trinajstić information content (AvgIpc) is 3.36. The molecule has 7 nitrogen and oxygen atoms in total. The summed E-state index contributed by atoms with van der Waals surface area (Å²) in [4.78, 5) is 18.4. The van der Waals surface area contributed by atoms with Gasteiger partial charge in [0.1, 0.15) is 6.10 Å². The maximum Gasteiger partial charge on any atom is 0.276 e. The van der Waals surface area contributed by atoms with E-state index in [4.69, 9.17) is 13.7 Å². The molecule has 0 radical (unpaired) electrons. The maximum atomic E-state index is 12.5. The fourth-order valence-corrected chi connectivity index (χ4v) is 2.67. The molecule has 0 saturated carbocycles. The zero-order valence-electron chi connectivity index (χ0n) is 12.8. The van der Waals surface area contributed by atoms with Crippen LogP contribution < -0.4 is 4.74 Å². The van der Waals surface area contributed by atoms with E-state index in [0.717, 1.165) is 6.42 Å². The number of carbonyl (C=O) groups excluding carboxylic acids is 1. The Kier molecular flexibility index (Phi) is 3.74. The van der Waals surface area contributed by atoms with E-state index in [2.05, 4.69) is 10.1 Å². The topological polar surface area (TPSA) is 81.6 Å². The van der Waals surface area contributed by atoms with Gasteiger partial charge in [0.05, 0.1) is 12.8 Å². The number of ether oxygens (including phenoxy) is 1. The summed E-state index contributed by atoms with van der Waals surface area (Å²) in [7, 11) is 0. The third-order valence-corrected chi connectivity index (χ3v) is 3.85. The molecule has 7 heteroatoms. The molecule has 1 amide bonds. The molecule has 0 bridgehead atoms. The second-order valence-electron chi connectivity index (χ2n) is 5.50. The standard InChI is InChI=1S/C17H15N3O4/c21-17(13-10-15(24-19-13)14-4-3-9-22-14)20-8-6-12(11-20)23-16-5-1-2-7-18-16/h1-5,7,9-10,12H,6,8,11H2. The first-order valence-electron chi connectivity index (χ1n) is 7.67. The van der Waals surface area contributed by atoms with Crippen LogP contribution in [0.15, 0.2) is 57.8 Å². The molecule has 0 aliphatic carbocycles. The first-order valence-corrected chi connectivity index (χ1v) is 7.67. The quantitative estimate of drug-likeness (QED) is 0.733. The summed E-state index contributed by atoms with van der Waals surface area (Å²) in [5.41, 5.74) is 0.264. The molecule has 0 N–H and O–H groups in total. The van der Waals surface area contributed by atoms with Crippen molar-refractivity contribution in [2.45, 2.75) is 12.5 Å². The first-order chi connectivity index (χ1) is 11.8. The molecule has 0 spiro atoms. The lowest BCUT2D eigenvalue weighted by Crippen LogP contribution is -2.31. The molecule has 24 heavy (non-hydrogen) atoms. The Hall–Kier alpha value is -3.09. The van der Waals surface area contributed by atoms with Gasteiger partial charge in [-0.1, -0.05) is 11.2 Å². The zero-order chi connectivity index (χ0) is 16.4. The van der Waals surface area contributed by atoms with Crippen LogP contribution in [-0.2, 0) is 0 Å². The molecule has 4 rings (SSSR count). The average molecular weight is 325 g/mol. The fraction of sp³-hybridized carbons (Fsp3) is 0.235. The van der Waals surface area contributed by atoms with Crippen molar-refractivity contribution in [3.63, 3.8) is 0 Å². The summed E-state index contributed by atoms with van der Waals surface area (Å²) in [5.74, 6) is 1.37. The second-order valence-corrected chi connectivity index (χ2v) is 5.50. The van der Waals surface area contributed by atoms with Crippen LogP contribution in [-0.4, -0.2) is 40.1 Å². The maximum absolute atomic E-state index is 12.5. The number of pyridine rings is 1. The van der Waals surface area contributed by atoms with Gasteiger partial charge in [0.25, 0.3) is 5.91 Å². The van der Waals surface area contributed by atoms with Gasteiger partial charge >= 0.3 is 0 Å². The van der Waals surface area contributed by atoms with Crippen molar-refractivity contribution < 1.29 is 18.5 Å². The minimum absolute atomic E-state index is 0.0692. The van der Waals surface area contributed by atoms with Crippen molar-refractivity contribution in [1.82, 2.24) is 15.0 Å². The van der Waals surface area contributed by atoms with Crippen LogP contribution in [0.1, 0.15) is 16.9 Å². The van der Waals surface area contributed by atoms with Gasteiger partial charge in [-0.15, -0.1) is 0 Å². The molecule has 1 fully saturated rings. The van der Waals surface area contributed by atoms with Gasteiger partial charge < -0.3 is 18.6 Å². The first kappa shape index (κ1) is 14.5. The SMILES string of the molecule is O=C(c1cc(-c2ccco2)on1)N1CCC(Oc2ccccn2)C1. The van der Waals surface area contributed by atoms with Gasteiger partial charge in [-0.05, 0) is 18.2 Å². The molecule has 1 unspecified atom stereocenters. The molecule has 0 aromatic carbocycles. The molecule has 4 heterocycles. The van der Waals surface area contributed by atoms with Gasteiger partial charge in [-0.2, -0.15) is 0 Å². The third kappa shape index (κ3) is 2.88. The highest BCUT2D eigenvalue weighted by Crippen LogP contribution is 2.23. The summed E-state index contributed by atoms with van der Waals surface area (Å²) in [6, 6.07) is 10.6. The van der Waals surface area contributed by atoms with E-state index < -0.39 is 0 Å². The lowest BCUT2D eigenvalue weighted by atomic mass is 10.3. The van der Waals surface area contributed by atoms with Crippen molar-refractivity contribution >= 4 is 5.91 Å². The van der Waals surface area contributed by atoms with Crippen molar-refractivity contribution in [3.05, 3.63) is 54.6 Å². The summed E-state index contributed by atoms with van der Waals surface area (Å²) in [5, 5.41) is 3.85. The monoisotopic (exact) mass is 325 g/mol. The van der Waals surface area contributed by atoms with E-state index in [1.165, 1.54) is 0 Å². The number of furan rings is 1. The van der Waals surface area contributed by atoms with Gasteiger partial charge in [0.15, 0.2) is 11.5 Å². The van der Waals surface area contributed by atoms with Gasteiger partial charge in [0.2, 0.25) is 11.6 Å². The van der Waals surface area contributed by atoms with Crippen molar-refractivity contribution in [2.24, 2.45) is 0 Å². The second kappa shape index (κ2) is 6.19. The third-order valence-electron chi connectivity index (χ3n) is 3.85. The minimum atomic E-state index is -0.177. The fourth-order valence-electron chi connectivity index (χ4n) is 2.67. The molecule has 3 aromatic heterocycles. The molecular formula is C17H15N3O4. The van der Waals surface area contributed by atoms with Crippen molar-refractivity contribution in [2.75, 3.05) is 13.1 Å². The number of hydrogen-bond donors (Lipinski definition) is 0. The van der Waals surface area contributed by atoms with Crippen LogP contribution >= 0.6 is 0 Å². The predicted octanol–water partition coefficient (Wildman–Crippen LogP) is 2.62. The van der Waals surface area contributed by atoms with Crippen molar-refractivity contribution in [3.8, 4) is 17.4 Å². The Balaban J connectivity index is 1.41. The van der Waals surface area contributed by atoms with Gasteiger partial charge in [-0.25, -0.2) is 4.98 Å². The summed E-state index contributed by atoms with van der Waals surface area (Å²) >= 11 is 0. The molecule has 1 aliphatic rings. The molecular weight excluding hydrogens is 310 g/mol. The Morgan fingerprint density at radius 3 is 3.00 bits per heavy atom. The normalized spacial score (nSPS) is 17.2. The van der Waals surface area contributed by atoms with Crippen LogP contribution in [0.4, 0.5) is 0 Å². The molecule has 122 valence electrons. The van der Waals surface area contributed by atoms with Crippen LogP contribution in [0.3, 0.4) is 0 Å². The molecule has 1 aliphatic heterocycles. The number of rotatable bonds is 4. The number of likely N-dealkylation sites (tertiary alicyclic amines) is 1. The van der Waals surface area contributed by atoms with E-state index in [0.29, 0.717) is 30.5 Å². The van der Waals surface area contributed by atoms with Gasteiger partial charge in [-0.3, -0.25) is 4.79 Å². The highest BCUT2D eigenvalue weighted by Gasteiger charge is 2.30. The molecule has 1 atom stereocenters. The Morgan fingerprint density at radius 2 is 2.21 bits per heavy atom. The van der Waals surface area contributed by atoms with E-state index in [-0.39, 0.29) is 17.7 Å². The predicted molar refractivity (Wildman–Crippen MR) is 83.4 cm³/mol. The highest BCUT2D eigenvalue weighted by atomic mass is 16.5. The smallest absolute Gasteiger partial charge is 0.276 e. The van der Waals surface area contributed by atoms with Crippen LogP contribution in [0.5, 0.6) is 5.88 Å². The lowest BCUT2D eigenvalue weighted by molar-refractivity contribution is 0.0761. The Bertz CT molecular complexity index is 814. The summed E-state index contributed by atoms with van der Waals surface area (Å²) in [6.07, 6.45) is 3.91. The Morgan fingerprint density at radius 1 is 1.25 bits per heavy atom. The largest absolute Gasteiger partial charge is 0.472 e.